The highest BCUT2D eigenvalue weighted by molar-refractivity contribution is 5.05. The Morgan fingerprint density at radius 1 is 1.00 bits per heavy atom. The van der Waals surface area contributed by atoms with E-state index < -0.39 is 6.36 Å². The molecule has 0 fully saturated rings. The highest BCUT2D eigenvalue weighted by Gasteiger charge is 1.96. The van der Waals surface area contributed by atoms with Gasteiger partial charge in [-0.15, -0.1) is 0 Å². The SMILES string of the molecule is CC(C)=CCC/C(C)=C/CC/C(C)=C\C(O)F. The average molecular weight is 240 g/mol. The fraction of sp³-hybridized carbons (Fsp3) is 0.600. The first kappa shape index (κ1) is 16.1. The third kappa shape index (κ3) is 11.4. The zero-order valence-electron chi connectivity index (χ0n) is 11.5. The van der Waals surface area contributed by atoms with E-state index in [0.29, 0.717) is 0 Å². The fourth-order valence-corrected chi connectivity index (χ4v) is 1.55. The van der Waals surface area contributed by atoms with Crippen molar-refractivity contribution in [2.75, 3.05) is 0 Å². The maximum atomic E-state index is 12.2. The first-order chi connectivity index (χ1) is 7.91. The second-order valence-corrected chi connectivity index (χ2v) is 4.79. The first-order valence-corrected chi connectivity index (χ1v) is 6.20. The second-order valence-electron chi connectivity index (χ2n) is 4.79. The molecule has 1 N–H and O–H groups in total. The van der Waals surface area contributed by atoms with Gasteiger partial charge in [-0.1, -0.05) is 28.9 Å². The summed E-state index contributed by atoms with van der Waals surface area (Å²) in [5.41, 5.74) is 3.62. The van der Waals surface area contributed by atoms with Crippen LogP contribution < -0.4 is 0 Å². The van der Waals surface area contributed by atoms with E-state index in [1.165, 1.54) is 17.2 Å². The van der Waals surface area contributed by atoms with Crippen molar-refractivity contribution in [2.45, 2.75) is 59.7 Å². The molecule has 98 valence electrons. The minimum absolute atomic E-state index is 0.807. The molecule has 0 aliphatic heterocycles. The van der Waals surface area contributed by atoms with Crippen molar-refractivity contribution >= 4 is 0 Å². The molecule has 1 atom stereocenters. The van der Waals surface area contributed by atoms with Crippen LogP contribution in [0.3, 0.4) is 0 Å². The molecule has 2 heteroatoms. The van der Waals surface area contributed by atoms with Gasteiger partial charge in [0.25, 0.3) is 0 Å². The molecule has 0 aromatic heterocycles. The van der Waals surface area contributed by atoms with E-state index in [4.69, 9.17) is 5.11 Å². The molecule has 17 heavy (non-hydrogen) atoms. The van der Waals surface area contributed by atoms with E-state index in [1.807, 2.05) is 6.92 Å². The molecule has 0 rings (SSSR count). The maximum Gasteiger partial charge on any atom is 0.215 e. The summed E-state index contributed by atoms with van der Waals surface area (Å²) in [6.07, 6.45) is 7.76. The number of hydrogen-bond donors (Lipinski definition) is 1. The molecule has 1 nitrogen and oxygen atoms in total. The second kappa shape index (κ2) is 9.17. The van der Waals surface area contributed by atoms with Gasteiger partial charge in [0.15, 0.2) is 0 Å². The van der Waals surface area contributed by atoms with E-state index in [2.05, 4.69) is 32.9 Å². The Balaban J connectivity index is 3.88. The molecule has 0 saturated carbocycles. The molecule has 0 spiro atoms. The van der Waals surface area contributed by atoms with Crippen LogP contribution in [0.4, 0.5) is 4.39 Å². The molecule has 0 saturated heterocycles. The van der Waals surface area contributed by atoms with Crippen molar-refractivity contribution in [3.8, 4) is 0 Å². The Hall–Kier alpha value is -0.890. The van der Waals surface area contributed by atoms with Crippen molar-refractivity contribution in [3.63, 3.8) is 0 Å². The van der Waals surface area contributed by atoms with Crippen molar-refractivity contribution < 1.29 is 9.50 Å². The van der Waals surface area contributed by atoms with Crippen LogP contribution in [0.1, 0.15) is 53.4 Å². The first-order valence-electron chi connectivity index (χ1n) is 6.20. The van der Waals surface area contributed by atoms with Crippen molar-refractivity contribution in [1.82, 2.24) is 0 Å². The summed E-state index contributed by atoms with van der Waals surface area (Å²) in [4.78, 5) is 0. The molecule has 0 aromatic rings. The van der Waals surface area contributed by atoms with E-state index >= 15 is 0 Å². The number of alkyl halides is 1. The van der Waals surface area contributed by atoms with E-state index in [0.717, 1.165) is 31.3 Å². The van der Waals surface area contributed by atoms with Crippen molar-refractivity contribution in [3.05, 3.63) is 34.9 Å². The van der Waals surface area contributed by atoms with Crippen molar-refractivity contribution in [2.24, 2.45) is 0 Å². The lowest BCUT2D eigenvalue weighted by Crippen LogP contribution is -1.92. The quantitative estimate of drug-likeness (QED) is 0.640. The van der Waals surface area contributed by atoms with Gasteiger partial charge in [-0.3, -0.25) is 0 Å². The van der Waals surface area contributed by atoms with Gasteiger partial charge in [-0.25, -0.2) is 4.39 Å². The van der Waals surface area contributed by atoms with Gasteiger partial charge in [0.05, 0.1) is 0 Å². The van der Waals surface area contributed by atoms with Crippen LogP contribution in [0, 0.1) is 0 Å². The maximum absolute atomic E-state index is 12.2. The Bertz CT molecular complexity index is 294. The summed E-state index contributed by atoms with van der Waals surface area (Å²) in [5, 5.41) is 8.53. The number of hydrogen-bond acceptors (Lipinski definition) is 1. The summed E-state index contributed by atoms with van der Waals surface area (Å²) in [6.45, 7) is 8.18. The lowest BCUT2D eigenvalue weighted by atomic mass is 10.1. The van der Waals surface area contributed by atoms with Gasteiger partial charge in [0.1, 0.15) is 0 Å². The Kier molecular flexibility index (Phi) is 8.69. The Labute approximate surface area is 105 Å². The number of allylic oxidation sites excluding steroid dienone is 5. The molecule has 0 aliphatic carbocycles. The van der Waals surface area contributed by atoms with Crippen LogP contribution in [0.2, 0.25) is 0 Å². The molecule has 0 radical (unpaired) electrons. The lowest BCUT2D eigenvalue weighted by Gasteiger charge is -2.01. The monoisotopic (exact) mass is 240 g/mol. The van der Waals surface area contributed by atoms with E-state index in [1.54, 1.807) is 0 Å². The van der Waals surface area contributed by atoms with E-state index in [-0.39, 0.29) is 0 Å². The number of rotatable bonds is 7. The third-order valence-corrected chi connectivity index (χ3v) is 2.54. The van der Waals surface area contributed by atoms with E-state index in [9.17, 15) is 4.39 Å². The minimum atomic E-state index is -1.82. The predicted molar refractivity (Wildman–Crippen MR) is 72.5 cm³/mol. The topological polar surface area (TPSA) is 20.2 Å². The van der Waals surface area contributed by atoms with Gasteiger partial charge in [-0.2, -0.15) is 0 Å². The number of aliphatic hydroxyl groups is 1. The standard InChI is InChI=1S/C15H25FO/c1-12(2)7-5-8-13(3)9-6-10-14(4)11-15(16)17/h7,9,11,15,17H,5-6,8,10H2,1-4H3/b13-9+,14-11-. The van der Waals surface area contributed by atoms with Crippen molar-refractivity contribution in [1.29, 1.82) is 0 Å². The lowest BCUT2D eigenvalue weighted by molar-refractivity contribution is 0.0874. The van der Waals surface area contributed by atoms with Crippen LogP contribution in [-0.2, 0) is 0 Å². The molecule has 1 unspecified atom stereocenters. The summed E-state index contributed by atoms with van der Waals surface area (Å²) in [7, 11) is 0. The van der Waals surface area contributed by atoms with Crippen LogP contribution in [0.5, 0.6) is 0 Å². The van der Waals surface area contributed by atoms with Crippen LogP contribution in [0.25, 0.3) is 0 Å². The van der Waals surface area contributed by atoms with Gasteiger partial charge in [0, 0.05) is 0 Å². The largest absolute Gasteiger partial charge is 0.361 e. The summed E-state index contributed by atoms with van der Waals surface area (Å²) >= 11 is 0. The summed E-state index contributed by atoms with van der Waals surface area (Å²) in [6, 6.07) is 0. The number of halogens is 1. The molecular weight excluding hydrogens is 215 g/mol. The molecule has 0 aliphatic rings. The molecule has 0 heterocycles. The van der Waals surface area contributed by atoms with Gasteiger partial charge in [-0.05, 0) is 59.5 Å². The summed E-state index contributed by atoms with van der Waals surface area (Å²) in [5.74, 6) is 0. The Morgan fingerprint density at radius 3 is 2.06 bits per heavy atom. The van der Waals surface area contributed by atoms with Gasteiger partial charge >= 0.3 is 0 Å². The Morgan fingerprint density at radius 2 is 1.53 bits per heavy atom. The van der Waals surface area contributed by atoms with Gasteiger partial charge in [0.2, 0.25) is 6.36 Å². The zero-order valence-corrected chi connectivity index (χ0v) is 11.5. The summed E-state index contributed by atoms with van der Waals surface area (Å²) < 4.78 is 12.2. The fourth-order valence-electron chi connectivity index (χ4n) is 1.55. The predicted octanol–water partition coefficient (Wildman–Crippen LogP) is 4.69. The van der Waals surface area contributed by atoms with Gasteiger partial charge < -0.3 is 5.11 Å². The van der Waals surface area contributed by atoms with Crippen LogP contribution in [0.15, 0.2) is 34.9 Å². The van der Waals surface area contributed by atoms with Crippen LogP contribution in [-0.4, -0.2) is 11.5 Å². The minimum Gasteiger partial charge on any atom is -0.361 e. The molecule has 0 aromatic carbocycles. The van der Waals surface area contributed by atoms with Crippen LogP contribution >= 0.6 is 0 Å². The molecular formula is C15H25FO. The highest BCUT2D eigenvalue weighted by atomic mass is 19.1. The molecule has 0 amide bonds. The average Bonchev–Trinajstić information content (AvgIpc) is 2.15. The smallest absolute Gasteiger partial charge is 0.215 e. The third-order valence-electron chi connectivity index (χ3n) is 2.54. The molecule has 0 bridgehead atoms. The zero-order chi connectivity index (χ0) is 13.3. The highest BCUT2D eigenvalue weighted by Crippen LogP contribution is 2.11. The normalized spacial score (nSPS) is 14.7. The number of aliphatic hydroxyl groups excluding tert-OH is 1.